The number of rotatable bonds is 4. The molecule has 2 fully saturated rings. The zero-order chi connectivity index (χ0) is 16.6. The minimum absolute atomic E-state index is 0. The van der Waals surface area contributed by atoms with Crippen LogP contribution in [-0.2, 0) is 4.79 Å². The van der Waals surface area contributed by atoms with Crippen LogP contribution in [0.1, 0.15) is 32.6 Å². The molecule has 4 nitrogen and oxygen atoms in total. The van der Waals surface area contributed by atoms with Crippen molar-refractivity contribution in [1.29, 1.82) is 0 Å². The zero-order valence-electron chi connectivity index (χ0n) is 13.8. The number of halogens is 3. The second-order valence-corrected chi connectivity index (χ2v) is 7.36. The summed E-state index contributed by atoms with van der Waals surface area (Å²) in [4.78, 5) is 14.5. The lowest BCUT2D eigenvalue weighted by Crippen LogP contribution is -2.51. The molecule has 3 atom stereocenters. The molecule has 2 aliphatic heterocycles. The van der Waals surface area contributed by atoms with Gasteiger partial charge in [0.15, 0.2) is 6.10 Å². The quantitative estimate of drug-likeness (QED) is 0.843. The van der Waals surface area contributed by atoms with Gasteiger partial charge in [-0.2, -0.15) is 0 Å². The number of fused-ring (bicyclic) bond motifs is 2. The van der Waals surface area contributed by atoms with E-state index in [4.69, 9.17) is 27.9 Å². The molecule has 1 aromatic carbocycles. The standard InChI is InChI=1S/C17H22Cl2N2O2.ClH/c1-10(23-14-5-6-15(18)16(19)9-14)17(22)21(2)13-7-11-3-4-12(8-13)20-11;/h5-6,9-13,20H,3-4,7-8H2,1-2H3;1H. The number of benzene rings is 1. The Morgan fingerprint density at radius 1 is 1.25 bits per heavy atom. The fourth-order valence-corrected chi connectivity index (χ4v) is 3.90. The highest BCUT2D eigenvalue weighted by atomic mass is 35.5. The van der Waals surface area contributed by atoms with E-state index in [1.807, 2.05) is 11.9 Å². The molecule has 134 valence electrons. The summed E-state index contributed by atoms with van der Waals surface area (Å²) in [5.41, 5.74) is 0. The van der Waals surface area contributed by atoms with Crippen molar-refractivity contribution in [2.75, 3.05) is 7.05 Å². The normalized spacial score (nSPS) is 26.4. The average Bonchev–Trinajstić information content (AvgIpc) is 2.87. The Labute approximate surface area is 159 Å². The first-order chi connectivity index (χ1) is 10.9. The monoisotopic (exact) mass is 392 g/mol. The van der Waals surface area contributed by atoms with Gasteiger partial charge in [0, 0.05) is 31.2 Å². The van der Waals surface area contributed by atoms with Crippen LogP contribution in [0.25, 0.3) is 0 Å². The number of amides is 1. The van der Waals surface area contributed by atoms with Crippen molar-refractivity contribution in [2.45, 2.75) is 56.8 Å². The van der Waals surface area contributed by atoms with Gasteiger partial charge in [-0.15, -0.1) is 12.4 Å². The molecule has 0 radical (unpaired) electrons. The van der Waals surface area contributed by atoms with Crippen molar-refractivity contribution in [3.05, 3.63) is 28.2 Å². The molecule has 2 bridgehead atoms. The maximum atomic E-state index is 12.7. The largest absolute Gasteiger partial charge is 0.481 e. The molecule has 1 aromatic rings. The highest BCUT2D eigenvalue weighted by molar-refractivity contribution is 6.42. The Hall–Kier alpha value is -0.680. The summed E-state index contributed by atoms with van der Waals surface area (Å²) < 4.78 is 5.74. The van der Waals surface area contributed by atoms with E-state index in [0.717, 1.165) is 12.8 Å². The number of hydrogen-bond donors (Lipinski definition) is 1. The molecular formula is C17H23Cl3N2O2. The molecule has 3 unspecified atom stereocenters. The molecule has 0 spiro atoms. The molecular weight excluding hydrogens is 371 g/mol. The summed E-state index contributed by atoms with van der Waals surface area (Å²) in [6.45, 7) is 1.77. The van der Waals surface area contributed by atoms with Crippen molar-refractivity contribution in [2.24, 2.45) is 0 Å². The number of carbonyl (C=O) groups excluding carboxylic acids is 1. The van der Waals surface area contributed by atoms with Crippen molar-refractivity contribution in [1.82, 2.24) is 10.2 Å². The fraction of sp³-hybridized carbons (Fsp3) is 0.588. The molecule has 1 amide bonds. The first kappa shape index (κ1) is 19.6. The van der Waals surface area contributed by atoms with Crippen LogP contribution in [0.2, 0.25) is 10.0 Å². The number of nitrogens with zero attached hydrogens (tertiary/aromatic N) is 1. The van der Waals surface area contributed by atoms with Gasteiger partial charge in [0.1, 0.15) is 5.75 Å². The lowest BCUT2D eigenvalue weighted by Gasteiger charge is -2.36. The third kappa shape index (κ3) is 4.29. The zero-order valence-corrected chi connectivity index (χ0v) is 16.1. The Bertz CT molecular complexity index is 587. The molecule has 2 saturated heterocycles. The van der Waals surface area contributed by atoms with E-state index in [9.17, 15) is 4.79 Å². The maximum absolute atomic E-state index is 12.7. The van der Waals surface area contributed by atoms with E-state index in [2.05, 4.69) is 5.32 Å². The SMILES string of the molecule is CC(Oc1ccc(Cl)c(Cl)c1)C(=O)N(C)C1CC2CCC(C1)N2.Cl. The molecule has 0 aliphatic carbocycles. The first-order valence-corrected chi connectivity index (χ1v) is 8.84. The van der Waals surface area contributed by atoms with Gasteiger partial charge < -0.3 is 15.0 Å². The Morgan fingerprint density at radius 3 is 2.46 bits per heavy atom. The van der Waals surface area contributed by atoms with Crippen LogP contribution in [0.5, 0.6) is 5.75 Å². The van der Waals surface area contributed by atoms with Gasteiger partial charge in [-0.1, -0.05) is 23.2 Å². The van der Waals surface area contributed by atoms with E-state index in [1.54, 1.807) is 25.1 Å². The van der Waals surface area contributed by atoms with Gasteiger partial charge in [-0.3, -0.25) is 4.79 Å². The topological polar surface area (TPSA) is 41.6 Å². The third-order valence-electron chi connectivity index (χ3n) is 4.90. The third-order valence-corrected chi connectivity index (χ3v) is 5.63. The number of likely N-dealkylation sites (N-methyl/N-ethyl adjacent to an activating group) is 1. The molecule has 7 heteroatoms. The Morgan fingerprint density at radius 2 is 1.88 bits per heavy atom. The molecule has 2 heterocycles. The van der Waals surface area contributed by atoms with Crippen LogP contribution in [-0.4, -0.2) is 42.1 Å². The van der Waals surface area contributed by atoms with Crippen molar-refractivity contribution >= 4 is 41.5 Å². The molecule has 3 rings (SSSR count). The van der Waals surface area contributed by atoms with Crippen molar-refractivity contribution in [3.8, 4) is 5.75 Å². The second kappa shape index (κ2) is 8.13. The maximum Gasteiger partial charge on any atom is 0.263 e. The fourth-order valence-electron chi connectivity index (χ4n) is 3.61. The first-order valence-electron chi connectivity index (χ1n) is 8.08. The van der Waals surface area contributed by atoms with E-state index in [1.165, 1.54) is 12.8 Å². The van der Waals surface area contributed by atoms with Crippen LogP contribution in [0.15, 0.2) is 18.2 Å². The predicted molar refractivity (Wildman–Crippen MR) is 99.5 cm³/mol. The van der Waals surface area contributed by atoms with Crippen molar-refractivity contribution < 1.29 is 9.53 Å². The minimum atomic E-state index is -0.551. The second-order valence-electron chi connectivity index (χ2n) is 6.55. The Kier molecular flexibility index (Phi) is 6.66. The van der Waals surface area contributed by atoms with Gasteiger partial charge in [0.05, 0.1) is 10.0 Å². The van der Waals surface area contributed by atoms with Crippen LogP contribution in [0.3, 0.4) is 0 Å². The molecule has 2 aliphatic rings. The van der Waals surface area contributed by atoms with E-state index in [0.29, 0.717) is 33.9 Å². The summed E-state index contributed by atoms with van der Waals surface area (Å²) in [6, 6.07) is 6.44. The molecule has 0 saturated carbocycles. The highest BCUT2D eigenvalue weighted by Gasteiger charge is 2.37. The van der Waals surface area contributed by atoms with Crippen LogP contribution < -0.4 is 10.1 Å². The van der Waals surface area contributed by atoms with Gasteiger partial charge >= 0.3 is 0 Å². The number of piperidine rings is 1. The summed E-state index contributed by atoms with van der Waals surface area (Å²) in [7, 11) is 1.88. The molecule has 0 aromatic heterocycles. The lowest BCUT2D eigenvalue weighted by molar-refractivity contribution is -0.139. The van der Waals surface area contributed by atoms with E-state index in [-0.39, 0.29) is 18.3 Å². The van der Waals surface area contributed by atoms with Crippen molar-refractivity contribution in [3.63, 3.8) is 0 Å². The smallest absolute Gasteiger partial charge is 0.263 e. The van der Waals surface area contributed by atoms with Crippen LogP contribution >= 0.6 is 35.6 Å². The van der Waals surface area contributed by atoms with E-state index < -0.39 is 6.10 Å². The van der Waals surface area contributed by atoms with Gasteiger partial charge in [-0.05, 0) is 44.7 Å². The average molecular weight is 394 g/mol. The number of hydrogen-bond acceptors (Lipinski definition) is 3. The Balaban J connectivity index is 0.00000208. The number of nitrogens with one attached hydrogen (secondary N) is 1. The number of carbonyl (C=O) groups is 1. The minimum Gasteiger partial charge on any atom is -0.481 e. The van der Waals surface area contributed by atoms with Gasteiger partial charge in [0.2, 0.25) is 0 Å². The summed E-state index contributed by atoms with van der Waals surface area (Å²) in [6.07, 6.45) is 3.94. The summed E-state index contributed by atoms with van der Waals surface area (Å²) in [5.74, 6) is 0.557. The predicted octanol–water partition coefficient (Wildman–Crippen LogP) is 3.92. The van der Waals surface area contributed by atoms with Crippen LogP contribution in [0.4, 0.5) is 0 Å². The van der Waals surface area contributed by atoms with Crippen LogP contribution in [0, 0.1) is 0 Å². The summed E-state index contributed by atoms with van der Waals surface area (Å²) >= 11 is 11.9. The van der Waals surface area contributed by atoms with Gasteiger partial charge in [-0.25, -0.2) is 0 Å². The summed E-state index contributed by atoms with van der Waals surface area (Å²) in [5, 5.41) is 4.49. The molecule has 1 N–H and O–H groups in total. The van der Waals surface area contributed by atoms with Gasteiger partial charge in [0.25, 0.3) is 5.91 Å². The number of ether oxygens (including phenoxy) is 1. The van der Waals surface area contributed by atoms with E-state index >= 15 is 0 Å². The lowest BCUT2D eigenvalue weighted by atomic mass is 9.98. The molecule has 24 heavy (non-hydrogen) atoms. The highest BCUT2D eigenvalue weighted by Crippen LogP contribution is 2.30.